The average molecular weight is 551 g/mol. The third-order valence-corrected chi connectivity index (χ3v) is 10.4. The quantitative estimate of drug-likeness (QED) is 0.492. The molecule has 2 aromatic carbocycles. The van der Waals surface area contributed by atoms with E-state index >= 15 is 0 Å². The molecule has 1 spiro atoms. The first kappa shape index (κ1) is 25.3. The number of hydrogen-bond acceptors (Lipinski definition) is 5. The Morgan fingerprint density at radius 2 is 1.74 bits per heavy atom. The number of aromatic nitrogens is 1. The Bertz CT molecular complexity index is 1460. The second kappa shape index (κ2) is 9.98. The van der Waals surface area contributed by atoms with Crippen molar-refractivity contribution in [1.29, 1.82) is 0 Å². The Hall–Kier alpha value is -2.94. The number of rotatable bonds is 5. The second-order valence-corrected chi connectivity index (χ2v) is 12.8. The summed E-state index contributed by atoms with van der Waals surface area (Å²) in [4.78, 5) is 22.2. The number of likely N-dealkylation sites (tertiary alicyclic amines) is 1. The first-order valence-corrected chi connectivity index (χ1v) is 15.0. The summed E-state index contributed by atoms with van der Waals surface area (Å²) in [5.41, 5.74) is 3.96. The van der Waals surface area contributed by atoms with Gasteiger partial charge in [-0.05, 0) is 85.0 Å². The lowest BCUT2D eigenvalue weighted by atomic mass is 9.77. The van der Waals surface area contributed by atoms with Gasteiger partial charge >= 0.3 is 0 Å². The number of aryl methyl sites for hydroxylation is 1. The van der Waals surface area contributed by atoms with Crippen LogP contribution in [-0.4, -0.2) is 50.4 Å². The number of pyridine rings is 1. The lowest BCUT2D eigenvalue weighted by Crippen LogP contribution is -2.42. The molecule has 198 valence electrons. The minimum Gasteiger partial charge on any atom is -0.371 e. The van der Waals surface area contributed by atoms with Gasteiger partial charge in [0.15, 0.2) is 0 Å². The topological polar surface area (TPSA) is 82.6 Å². The van der Waals surface area contributed by atoms with Crippen LogP contribution in [-0.2, 0) is 16.4 Å². The highest BCUT2D eigenvalue weighted by atomic mass is 35.5. The molecule has 1 aromatic heterocycles. The summed E-state index contributed by atoms with van der Waals surface area (Å²) in [6.45, 7) is 3.50. The Morgan fingerprint density at radius 1 is 1.00 bits per heavy atom. The van der Waals surface area contributed by atoms with Crippen LogP contribution in [0.4, 0.5) is 5.69 Å². The zero-order valence-electron chi connectivity index (χ0n) is 21.1. The smallest absolute Gasteiger partial charge is 0.253 e. The number of carbonyl (C=O) groups is 1. The molecule has 3 aromatic rings. The zero-order valence-corrected chi connectivity index (χ0v) is 22.7. The summed E-state index contributed by atoms with van der Waals surface area (Å²) in [6.07, 6.45) is 8.23. The number of nitrogens with zero attached hydrogens (tertiary/aromatic N) is 3. The molecule has 0 unspecified atom stereocenters. The van der Waals surface area contributed by atoms with Gasteiger partial charge in [-0.2, -0.15) is 0 Å². The number of amides is 1. The van der Waals surface area contributed by atoms with Crippen molar-refractivity contribution in [3.63, 3.8) is 0 Å². The van der Waals surface area contributed by atoms with Gasteiger partial charge in [-0.15, -0.1) is 0 Å². The molecule has 1 atom stereocenters. The predicted molar refractivity (Wildman–Crippen MR) is 148 cm³/mol. The molecule has 9 heteroatoms. The normalized spacial score (nSPS) is 20.6. The molecule has 6 rings (SSSR count). The van der Waals surface area contributed by atoms with Gasteiger partial charge in [0.25, 0.3) is 5.91 Å². The minimum atomic E-state index is -3.79. The van der Waals surface area contributed by atoms with Gasteiger partial charge in [0, 0.05) is 55.9 Å². The minimum absolute atomic E-state index is 0.0286. The molecule has 0 bridgehead atoms. The number of piperidine rings is 1. The summed E-state index contributed by atoms with van der Waals surface area (Å²) in [6, 6.07) is 15.9. The van der Waals surface area contributed by atoms with Gasteiger partial charge in [0.05, 0.1) is 5.02 Å². The summed E-state index contributed by atoms with van der Waals surface area (Å²) >= 11 is 6.16. The maximum absolute atomic E-state index is 13.6. The summed E-state index contributed by atoms with van der Waals surface area (Å²) < 4.78 is 28.9. The Labute approximate surface area is 228 Å². The first-order chi connectivity index (χ1) is 18.3. The number of nitrogens with one attached hydrogen (secondary N) is 1. The van der Waals surface area contributed by atoms with E-state index < -0.39 is 10.0 Å². The van der Waals surface area contributed by atoms with Crippen molar-refractivity contribution in [2.45, 2.75) is 43.0 Å². The highest BCUT2D eigenvalue weighted by Crippen LogP contribution is 2.42. The predicted octanol–water partition coefficient (Wildman–Crippen LogP) is 4.83. The van der Waals surface area contributed by atoms with Crippen LogP contribution in [0.15, 0.2) is 71.9 Å². The first-order valence-electron chi connectivity index (χ1n) is 13.2. The van der Waals surface area contributed by atoms with Crippen molar-refractivity contribution >= 4 is 33.2 Å². The lowest BCUT2D eigenvalue weighted by molar-refractivity contribution is 0.0764. The Kier molecular flexibility index (Phi) is 6.66. The molecule has 2 aliphatic heterocycles. The van der Waals surface area contributed by atoms with Crippen LogP contribution in [0.25, 0.3) is 0 Å². The molecular formula is C29H31ClN4O3S. The molecular weight excluding hydrogens is 520 g/mol. The van der Waals surface area contributed by atoms with Crippen molar-refractivity contribution in [2.24, 2.45) is 5.41 Å². The lowest BCUT2D eigenvalue weighted by Gasteiger charge is -2.40. The number of anilines is 1. The van der Waals surface area contributed by atoms with Gasteiger partial charge < -0.3 is 9.80 Å². The fraction of sp³-hybridized carbons (Fsp3) is 0.379. The van der Waals surface area contributed by atoms with E-state index in [0.29, 0.717) is 12.0 Å². The highest BCUT2D eigenvalue weighted by Gasteiger charge is 2.42. The van der Waals surface area contributed by atoms with Crippen molar-refractivity contribution in [2.75, 3.05) is 31.1 Å². The van der Waals surface area contributed by atoms with Gasteiger partial charge in [-0.1, -0.05) is 29.8 Å². The third-order valence-electron chi connectivity index (χ3n) is 8.47. The van der Waals surface area contributed by atoms with Gasteiger partial charge in [-0.25, -0.2) is 13.1 Å². The van der Waals surface area contributed by atoms with Crippen LogP contribution in [0.1, 0.15) is 53.2 Å². The van der Waals surface area contributed by atoms with Gasteiger partial charge in [-0.3, -0.25) is 9.78 Å². The zero-order chi connectivity index (χ0) is 26.3. The van der Waals surface area contributed by atoms with Crippen LogP contribution in [0, 0.1) is 5.41 Å². The standard InChI is InChI=1S/C29H31ClN4O3S/c30-25-3-1-2-4-27(25)38(36,37)32-26-8-7-21-5-6-22(19-24(21)26)28(35)34-18-13-29(20-34)11-16-33(17-12-29)23-9-14-31-15-10-23/h1-6,9-10,14-15,19,26,32H,7-8,11-13,16-18,20H2/t26-/m1/s1. The second-order valence-electron chi connectivity index (χ2n) is 10.7. The molecule has 3 heterocycles. The summed E-state index contributed by atoms with van der Waals surface area (Å²) in [7, 11) is -3.79. The fourth-order valence-electron chi connectivity index (χ4n) is 6.26. The van der Waals surface area contributed by atoms with E-state index in [0.717, 1.165) is 63.0 Å². The molecule has 3 aliphatic rings. The van der Waals surface area contributed by atoms with Crippen LogP contribution in [0.2, 0.25) is 5.02 Å². The van der Waals surface area contributed by atoms with Crippen molar-refractivity contribution in [1.82, 2.24) is 14.6 Å². The molecule has 2 fully saturated rings. The molecule has 1 aliphatic carbocycles. The maximum atomic E-state index is 13.6. The number of hydrogen-bond donors (Lipinski definition) is 1. The van der Waals surface area contributed by atoms with Crippen molar-refractivity contribution in [3.05, 3.63) is 88.7 Å². The Morgan fingerprint density at radius 3 is 2.50 bits per heavy atom. The number of benzene rings is 2. The number of carbonyl (C=O) groups excluding carboxylic acids is 1. The largest absolute Gasteiger partial charge is 0.371 e. The van der Waals surface area contributed by atoms with E-state index in [4.69, 9.17) is 11.6 Å². The van der Waals surface area contributed by atoms with Crippen LogP contribution in [0.3, 0.4) is 0 Å². The third kappa shape index (κ3) is 4.81. The van der Waals surface area contributed by atoms with E-state index in [9.17, 15) is 13.2 Å². The van der Waals surface area contributed by atoms with Crippen LogP contribution < -0.4 is 9.62 Å². The highest BCUT2D eigenvalue weighted by molar-refractivity contribution is 7.89. The molecule has 7 nitrogen and oxygen atoms in total. The van der Waals surface area contributed by atoms with Gasteiger partial charge in [0.1, 0.15) is 4.90 Å². The summed E-state index contributed by atoms with van der Waals surface area (Å²) in [5.74, 6) is 0.0286. The molecule has 0 radical (unpaired) electrons. The summed E-state index contributed by atoms with van der Waals surface area (Å²) in [5, 5.41) is 0.191. The van der Waals surface area contributed by atoms with E-state index in [1.54, 1.807) is 18.2 Å². The SMILES string of the molecule is O=C(c1ccc2c(c1)[C@H](NS(=O)(=O)c1ccccc1Cl)CC2)N1CCC2(CCN(c3ccncc3)CC2)C1. The molecule has 1 amide bonds. The number of halogens is 1. The monoisotopic (exact) mass is 550 g/mol. The van der Waals surface area contributed by atoms with Crippen LogP contribution in [0.5, 0.6) is 0 Å². The van der Waals surface area contributed by atoms with Crippen LogP contribution >= 0.6 is 11.6 Å². The van der Waals surface area contributed by atoms with E-state index in [2.05, 4.69) is 26.7 Å². The average Bonchev–Trinajstić information content (AvgIpc) is 3.53. The molecule has 38 heavy (non-hydrogen) atoms. The van der Waals surface area contributed by atoms with E-state index in [1.807, 2.05) is 35.5 Å². The molecule has 0 saturated carbocycles. The molecule has 1 N–H and O–H groups in total. The van der Waals surface area contributed by atoms with Gasteiger partial charge in [0.2, 0.25) is 10.0 Å². The maximum Gasteiger partial charge on any atom is 0.253 e. The molecule has 2 saturated heterocycles. The van der Waals surface area contributed by atoms with Crippen molar-refractivity contribution in [3.8, 4) is 0 Å². The Balaban J connectivity index is 1.14. The number of fused-ring (bicyclic) bond motifs is 1. The van der Waals surface area contributed by atoms with Crippen molar-refractivity contribution < 1.29 is 13.2 Å². The fourth-order valence-corrected chi connectivity index (χ4v) is 8.03. The van der Waals surface area contributed by atoms with E-state index in [1.165, 1.54) is 11.8 Å². The van der Waals surface area contributed by atoms with E-state index in [-0.39, 0.29) is 27.3 Å². The number of sulfonamides is 1.